The van der Waals surface area contributed by atoms with E-state index in [0.717, 1.165) is 16.5 Å². The van der Waals surface area contributed by atoms with Gasteiger partial charge in [-0.15, -0.1) is 11.3 Å². The van der Waals surface area contributed by atoms with Gasteiger partial charge in [0, 0.05) is 31.0 Å². The van der Waals surface area contributed by atoms with Crippen LogP contribution in [0.3, 0.4) is 0 Å². The van der Waals surface area contributed by atoms with E-state index >= 15 is 0 Å². The van der Waals surface area contributed by atoms with Crippen molar-refractivity contribution in [2.75, 3.05) is 13.6 Å². The van der Waals surface area contributed by atoms with Crippen LogP contribution in [-0.2, 0) is 9.59 Å². The van der Waals surface area contributed by atoms with E-state index in [1.54, 1.807) is 13.0 Å². The number of aryl methyl sites for hydroxylation is 1. The van der Waals surface area contributed by atoms with Gasteiger partial charge in [-0.2, -0.15) is 0 Å². The summed E-state index contributed by atoms with van der Waals surface area (Å²) in [4.78, 5) is 34.5. The third-order valence-electron chi connectivity index (χ3n) is 2.47. The summed E-state index contributed by atoms with van der Waals surface area (Å²) in [5.74, 6) is -1.44. The molecule has 0 saturated heterocycles. The van der Waals surface area contributed by atoms with Crippen molar-refractivity contribution in [3.63, 3.8) is 0 Å². The molecule has 1 aromatic rings. The van der Waals surface area contributed by atoms with Gasteiger partial charge in [-0.3, -0.25) is 9.59 Å². The van der Waals surface area contributed by atoms with Crippen LogP contribution in [0.4, 0.5) is 0 Å². The molecule has 6 nitrogen and oxygen atoms in total. The van der Waals surface area contributed by atoms with Crippen LogP contribution in [-0.4, -0.2) is 36.5 Å². The third kappa shape index (κ3) is 4.85. The van der Waals surface area contributed by atoms with Crippen LogP contribution >= 0.6 is 11.3 Å². The van der Waals surface area contributed by atoms with Gasteiger partial charge in [-0.1, -0.05) is 0 Å². The first-order valence-electron chi connectivity index (χ1n) is 5.94. The predicted octanol–water partition coefficient (Wildman–Crippen LogP) is 1.02. The molecule has 108 valence electrons. The second-order valence-electron chi connectivity index (χ2n) is 4.01. The van der Waals surface area contributed by atoms with Crippen LogP contribution in [0, 0.1) is 6.92 Å². The average Bonchev–Trinajstić information content (AvgIpc) is 2.77. The fourth-order valence-electron chi connectivity index (χ4n) is 1.42. The maximum absolute atomic E-state index is 11.8. The quantitative estimate of drug-likeness (QED) is 0.683. The largest absolute Gasteiger partial charge is 0.478 e. The highest BCUT2D eigenvalue weighted by Gasteiger charge is 2.11. The van der Waals surface area contributed by atoms with Crippen molar-refractivity contribution in [2.45, 2.75) is 13.3 Å². The van der Waals surface area contributed by atoms with Crippen molar-refractivity contribution in [2.24, 2.45) is 0 Å². The lowest BCUT2D eigenvalue weighted by Crippen LogP contribution is -2.28. The molecular formula is C13H16N2O4S. The fourth-order valence-corrected chi connectivity index (χ4v) is 2.42. The molecule has 0 aliphatic carbocycles. The number of thiophene rings is 1. The van der Waals surface area contributed by atoms with Crippen LogP contribution in [0.25, 0.3) is 6.08 Å². The summed E-state index contributed by atoms with van der Waals surface area (Å²) >= 11 is 1.21. The topological polar surface area (TPSA) is 95.5 Å². The summed E-state index contributed by atoms with van der Waals surface area (Å²) in [6.45, 7) is 2.06. The Hall–Kier alpha value is -2.15. The molecule has 2 amide bonds. The van der Waals surface area contributed by atoms with E-state index < -0.39 is 5.97 Å². The molecule has 0 aliphatic rings. The molecule has 0 spiro atoms. The van der Waals surface area contributed by atoms with E-state index in [1.807, 2.05) is 0 Å². The second kappa shape index (κ2) is 7.44. The Labute approximate surface area is 120 Å². The van der Waals surface area contributed by atoms with Gasteiger partial charge in [-0.25, -0.2) is 4.79 Å². The average molecular weight is 296 g/mol. The zero-order chi connectivity index (χ0) is 15.1. The second-order valence-corrected chi connectivity index (χ2v) is 5.09. The van der Waals surface area contributed by atoms with E-state index in [4.69, 9.17) is 5.11 Å². The predicted molar refractivity (Wildman–Crippen MR) is 76.7 cm³/mol. The summed E-state index contributed by atoms with van der Waals surface area (Å²) in [7, 11) is 1.54. The zero-order valence-electron chi connectivity index (χ0n) is 11.2. The minimum Gasteiger partial charge on any atom is -0.478 e. The molecule has 0 fully saturated rings. The normalized spacial score (nSPS) is 10.5. The summed E-state index contributed by atoms with van der Waals surface area (Å²) in [5, 5.41) is 13.7. The molecule has 1 aromatic heterocycles. The number of hydrogen-bond donors (Lipinski definition) is 3. The standard InChI is InChI=1S/C13H16N2O4S/c1-8-7-10(20-9(8)3-4-12(17)18)13(19)15-6-5-11(16)14-2/h3-4,7H,5-6H2,1-2H3,(H,14,16)(H,15,19)(H,17,18)/b4-3+. The Morgan fingerprint density at radius 1 is 1.40 bits per heavy atom. The van der Waals surface area contributed by atoms with Gasteiger partial charge in [0.2, 0.25) is 5.91 Å². The Morgan fingerprint density at radius 3 is 2.70 bits per heavy atom. The van der Waals surface area contributed by atoms with E-state index in [0.29, 0.717) is 4.88 Å². The summed E-state index contributed by atoms with van der Waals surface area (Å²) < 4.78 is 0. The van der Waals surface area contributed by atoms with Crippen molar-refractivity contribution >= 4 is 35.2 Å². The first-order chi connectivity index (χ1) is 9.43. The number of carboxylic acids is 1. The van der Waals surface area contributed by atoms with E-state index in [2.05, 4.69) is 10.6 Å². The molecule has 0 radical (unpaired) electrons. The Kier molecular flexibility index (Phi) is 5.92. The number of hydrogen-bond acceptors (Lipinski definition) is 4. The monoisotopic (exact) mass is 296 g/mol. The maximum Gasteiger partial charge on any atom is 0.328 e. The number of rotatable bonds is 6. The van der Waals surface area contributed by atoms with Gasteiger partial charge in [0.25, 0.3) is 5.91 Å². The summed E-state index contributed by atoms with van der Waals surface area (Å²) in [6, 6.07) is 1.70. The minimum absolute atomic E-state index is 0.141. The number of carbonyl (C=O) groups excluding carboxylic acids is 2. The number of carbonyl (C=O) groups is 3. The molecular weight excluding hydrogens is 280 g/mol. The Morgan fingerprint density at radius 2 is 2.10 bits per heavy atom. The van der Waals surface area contributed by atoms with Crippen LogP contribution in [0.5, 0.6) is 0 Å². The smallest absolute Gasteiger partial charge is 0.328 e. The van der Waals surface area contributed by atoms with Crippen molar-refractivity contribution in [1.29, 1.82) is 0 Å². The molecule has 0 atom stereocenters. The lowest BCUT2D eigenvalue weighted by atomic mass is 10.2. The van der Waals surface area contributed by atoms with Crippen LogP contribution < -0.4 is 10.6 Å². The first kappa shape index (κ1) is 15.9. The SMILES string of the molecule is CNC(=O)CCNC(=O)c1cc(C)c(/C=C/C(=O)O)s1. The van der Waals surface area contributed by atoms with Gasteiger partial charge < -0.3 is 15.7 Å². The van der Waals surface area contributed by atoms with Crippen molar-refractivity contribution < 1.29 is 19.5 Å². The molecule has 20 heavy (non-hydrogen) atoms. The van der Waals surface area contributed by atoms with Crippen LogP contribution in [0.15, 0.2) is 12.1 Å². The third-order valence-corrected chi connectivity index (χ3v) is 3.67. The molecule has 0 bridgehead atoms. The first-order valence-corrected chi connectivity index (χ1v) is 6.76. The number of nitrogens with one attached hydrogen (secondary N) is 2. The van der Waals surface area contributed by atoms with Crippen molar-refractivity contribution in [1.82, 2.24) is 10.6 Å². The summed E-state index contributed by atoms with van der Waals surface area (Å²) in [6.07, 6.45) is 2.72. The van der Waals surface area contributed by atoms with Crippen LogP contribution in [0.2, 0.25) is 0 Å². The zero-order valence-corrected chi connectivity index (χ0v) is 12.0. The highest BCUT2D eigenvalue weighted by atomic mass is 32.1. The number of carboxylic acid groups (broad SMARTS) is 1. The van der Waals surface area contributed by atoms with Crippen molar-refractivity contribution in [3.8, 4) is 0 Å². The Balaban J connectivity index is 2.63. The minimum atomic E-state index is -1.03. The van der Waals surface area contributed by atoms with Gasteiger partial charge >= 0.3 is 5.97 Å². The van der Waals surface area contributed by atoms with E-state index in [9.17, 15) is 14.4 Å². The molecule has 0 unspecified atom stereocenters. The molecule has 3 N–H and O–H groups in total. The lowest BCUT2D eigenvalue weighted by molar-refractivity contribution is -0.131. The van der Waals surface area contributed by atoms with E-state index in [-0.39, 0.29) is 24.8 Å². The molecule has 0 aromatic carbocycles. The molecule has 1 rings (SSSR count). The maximum atomic E-state index is 11.8. The highest BCUT2D eigenvalue weighted by Crippen LogP contribution is 2.23. The van der Waals surface area contributed by atoms with Crippen LogP contribution in [0.1, 0.15) is 26.5 Å². The van der Waals surface area contributed by atoms with Crippen molar-refractivity contribution in [3.05, 3.63) is 27.5 Å². The van der Waals surface area contributed by atoms with Gasteiger partial charge in [0.15, 0.2) is 0 Å². The molecule has 1 heterocycles. The lowest BCUT2D eigenvalue weighted by Gasteiger charge is -2.02. The van der Waals surface area contributed by atoms with Gasteiger partial charge in [0.1, 0.15) is 0 Å². The van der Waals surface area contributed by atoms with E-state index in [1.165, 1.54) is 24.5 Å². The number of amides is 2. The molecule has 0 aliphatic heterocycles. The summed E-state index contributed by atoms with van der Waals surface area (Å²) in [5.41, 5.74) is 0.837. The van der Waals surface area contributed by atoms with Gasteiger partial charge in [0.05, 0.1) is 4.88 Å². The van der Waals surface area contributed by atoms with Gasteiger partial charge in [-0.05, 0) is 24.6 Å². The number of aliphatic carboxylic acids is 1. The molecule has 0 saturated carbocycles. The molecule has 7 heteroatoms. The highest BCUT2D eigenvalue weighted by molar-refractivity contribution is 7.15. The Bertz CT molecular complexity index is 549. The fraction of sp³-hybridized carbons (Fsp3) is 0.308.